The van der Waals surface area contributed by atoms with E-state index in [1.54, 1.807) is 12.4 Å². The molecule has 1 N–H and O–H groups in total. The highest BCUT2D eigenvalue weighted by Gasteiger charge is 2.16. The van der Waals surface area contributed by atoms with Gasteiger partial charge in [0, 0.05) is 60.2 Å². The lowest BCUT2D eigenvalue weighted by molar-refractivity contribution is 0.602. The molecule has 7 nitrogen and oxygen atoms in total. The van der Waals surface area contributed by atoms with Crippen molar-refractivity contribution in [2.45, 2.75) is 11.8 Å². The summed E-state index contributed by atoms with van der Waals surface area (Å²) in [6, 6.07) is 11.7. The van der Waals surface area contributed by atoms with E-state index in [2.05, 4.69) is 50.0 Å². The van der Waals surface area contributed by atoms with E-state index in [9.17, 15) is 8.42 Å². The van der Waals surface area contributed by atoms with Crippen LogP contribution < -0.4 is 5.32 Å². The Hall–Kier alpha value is -3.78. The molecule has 0 atom stereocenters. The molecule has 0 saturated carbocycles. The standard InChI is InChI=1S/C24H21N5O2S/c1-15-10-16(11-22-18(15)5-9-29(22)2)19-12-17(13-20-24(19)27-8-7-26-20)28-21-14-25-6-4-23(21)32(3,30)31/h4-14,28H,1-3H3. The minimum Gasteiger partial charge on any atom is -0.353 e. The Kier molecular flexibility index (Phi) is 4.67. The summed E-state index contributed by atoms with van der Waals surface area (Å²) >= 11 is 0. The van der Waals surface area contributed by atoms with Gasteiger partial charge in [-0.2, -0.15) is 0 Å². The second-order valence-electron chi connectivity index (χ2n) is 7.87. The zero-order valence-electron chi connectivity index (χ0n) is 17.9. The molecule has 0 saturated heterocycles. The molecule has 0 aliphatic heterocycles. The highest BCUT2D eigenvalue weighted by molar-refractivity contribution is 7.90. The zero-order valence-corrected chi connectivity index (χ0v) is 18.7. The Balaban J connectivity index is 1.71. The predicted octanol–water partition coefficient (Wildman–Crippen LogP) is 4.64. The number of aryl methyl sites for hydroxylation is 2. The van der Waals surface area contributed by atoms with Gasteiger partial charge in [0.2, 0.25) is 0 Å². The van der Waals surface area contributed by atoms with Crippen molar-refractivity contribution in [1.29, 1.82) is 0 Å². The molecule has 0 amide bonds. The van der Waals surface area contributed by atoms with Crippen LogP contribution in [0.5, 0.6) is 0 Å². The third-order valence-electron chi connectivity index (χ3n) is 5.55. The maximum Gasteiger partial charge on any atom is 0.177 e. The summed E-state index contributed by atoms with van der Waals surface area (Å²) in [5, 5.41) is 4.43. The van der Waals surface area contributed by atoms with Crippen LogP contribution in [0.15, 0.2) is 72.3 Å². The van der Waals surface area contributed by atoms with Crippen LogP contribution in [0.1, 0.15) is 5.56 Å². The quantitative estimate of drug-likeness (QED) is 0.435. The van der Waals surface area contributed by atoms with Crippen molar-refractivity contribution in [3.8, 4) is 11.1 Å². The van der Waals surface area contributed by atoms with Gasteiger partial charge in [-0.15, -0.1) is 0 Å². The van der Waals surface area contributed by atoms with Gasteiger partial charge in [0.25, 0.3) is 0 Å². The molecular formula is C24H21N5O2S. The number of sulfone groups is 1. The average molecular weight is 444 g/mol. The first-order valence-electron chi connectivity index (χ1n) is 10.0. The van der Waals surface area contributed by atoms with E-state index in [-0.39, 0.29) is 4.90 Å². The van der Waals surface area contributed by atoms with Crippen LogP contribution in [0, 0.1) is 6.92 Å². The first-order chi connectivity index (χ1) is 15.3. The maximum absolute atomic E-state index is 12.2. The number of nitrogens with one attached hydrogen (secondary N) is 1. The summed E-state index contributed by atoms with van der Waals surface area (Å²) in [4.78, 5) is 13.3. The molecule has 5 rings (SSSR count). The van der Waals surface area contributed by atoms with Gasteiger partial charge >= 0.3 is 0 Å². The van der Waals surface area contributed by atoms with Gasteiger partial charge < -0.3 is 9.88 Å². The van der Waals surface area contributed by atoms with Gasteiger partial charge in [0.15, 0.2) is 9.84 Å². The number of rotatable bonds is 4. The summed E-state index contributed by atoms with van der Waals surface area (Å²) in [7, 11) is -1.40. The van der Waals surface area contributed by atoms with E-state index in [0.717, 1.165) is 22.2 Å². The van der Waals surface area contributed by atoms with Gasteiger partial charge in [0.1, 0.15) is 0 Å². The minimum atomic E-state index is -3.42. The van der Waals surface area contributed by atoms with Crippen molar-refractivity contribution in [2.75, 3.05) is 11.6 Å². The summed E-state index contributed by atoms with van der Waals surface area (Å²) in [6.07, 6.45) is 9.53. The van der Waals surface area contributed by atoms with E-state index in [1.165, 1.54) is 35.7 Å². The number of hydrogen-bond donors (Lipinski definition) is 1. The molecule has 8 heteroatoms. The van der Waals surface area contributed by atoms with Crippen molar-refractivity contribution in [3.63, 3.8) is 0 Å². The van der Waals surface area contributed by atoms with Crippen LogP contribution >= 0.6 is 0 Å². The third-order valence-corrected chi connectivity index (χ3v) is 6.71. The molecule has 32 heavy (non-hydrogen) atoms. The van der Waals surface area contributed by atoms with Crippen LogP contribution in [0.2, 0.25) is 0 Å². The van der Waals surface area contributed by atoms with Crippen LogP contribution in [-0.4, -0.2) is 34.2 Å². The topological polar surface area (TPSA) is 89.8 Å². The highest BCUT2D eigenvalue weighted by Crippen LogP contribution is 2.35. The number of pyridine rings is 1. The van der Waals surface area contributed by atoms with Crippen molar-refractivity contribution in [2.24, 2.45) is 7.05 Å². The van der Waals surface area contributed by atoms with Crippen LogP contribution in [0.4, 0.5) is 11.4 Å². The van der Waals surface area contributed by atoms with E-state index < -0.39 is 9.84 Å². The molecule has 0 bridgehead atoms. The van der Waals surface area contributed by atoms with Crippen LogP contribution in [-0.2, 0) is 16.9 Å². The van der Waals surface area contributed by atoms with Gasteiger partial charge in [-0.1, -0.05) is 6.07 Å². The second-order valence-corrected chi connectivity index (χ2v) is 9.85. The molecule has 0 unspecified atom stereocenters. The number of anilines is 2. The summed E-state index contributed by atoms with van der Waals surface area (Å²) < 4.78 is 26.5. The van der Waals surface area contributed by atoms with Gasteiger partial charge in [-0.25, -0.2) is 8.42 Å². The summed E-state index contributed by atoms with van der Waals surface area (Å²) in [5.41, 5.74) is 6.83. The summed E-state index contributed by atoms with van der Waals surface area (Å²) in [5.74, 6) is 0. The Labute approximate surface area is 185 Å². The number of benzene rings is 2. The number of aromatic nitrogens is 4. The molecule has 0 fully saturated rings. The van der Waals surface area contributed by atoms with E-state index >= 15 is 0 Å². The fraction of sp³-hybridized carbons (Fsp3) is 0.125. The first kappa shape index (κ1) is 20.1. The van der Waals surface area contributed by atoms with Crippen LogP contribution in [0.25, 0.3) is 33.1 Å². The third kappa shape index (κ3) is 3.48. The largest absolute Gasteiger partial charge is 0.353 e. The molecule has 3 aromatic heterocycles. The average Bonchev–Trinajstić information content (AvgIpc) is 3.14. The van der Waals surface area contributed by atoms with Crippen LogP contribution in [0.3, 0.4) is 0 Å². The zero-order chi connectivity index (χ0) is 22.5. The van der Waals surface area contributed by atoms with E-state index in [0.29, 0.717) is 16.9 Å². The maximum atomic E-state index is 12.2. The molecule has 0 spiro atoms. The number of fused-ring (bicyclic) bond motifs is 2. The Morgan fingerprint density at radius 3 is 2.62 bits per heavy atom. The van der Waals surface area contributed by atoms with E-state index in [4.69, 9.17) is 0 Å². The molecule has 0 aliphatic carbocycles. The molecule has 2 aromatic carbocycles. The second kappa shape index (κ2) is 7.42. The lowest BCUT2D eigenvalue weighted by atomic mass is 9.98. The minimum absolute atomic E-state index is 0.189. The number of nitrogens with zero attached hydrogens (tertiary/aromatic N) is 4. The Morgan fingerprint density at radius 1 is 1.00 bits per heavy atom. The molecule has 0 radical (unpaired) electrons. The Bertz CT molecular complexity index is 1610. The van der Waals surface area contributed by atoms with Gasteiger partial charge in [0.05, 0.1) is 27.8 Å². The lowest BCUT2D eigenvalue weighted by Crippen LogP contribution is -2.03. The molecule has 160 valence electrons. The van der Waals surface area contributed by atoms with E-state index in [1.807, 2.05) is 25.4 Å². The molecule has 0 aliphatic rings. The van der Waals surface area contributed by atoms with Crippen molar-refractivity contribution in [3.05, 3.63) is 72.9 Å². The lowest BCUT2D eigenvalue weighted by Gasteiger charge is -2.14. The van der Waals surface area contributed by atoms with Crippen molar-refractivity contribution < 1.29 is 8.42 Å². The molecule has 5 aromatic rings. The monoisotopic (exact) mass is 443 g/mol. The van der Waals surface area contributed by atoms with Gasteiger partial charge in [-0.05, 0) is 48.4 Å². The number of hydrogen-bond acceptors (Lipinski definition) is 6. The molecular weight excluding hydrogens is 422 g/mol. The fourth-order valence-electron chi connectivity index (χ4n) is 4.03. The first-order valence-corrected chi connectivity index (χ1v) is 11.9. The smallest absolute Gasteiger partial charge is 0.177 e. The normalized spacial score (nSPS) is 11.8. The van der Waals surface area contributed by atoms with Crippen molar-refractivity contribution >= 4 is 43.1 Å². The molecule has 3 heterocycles. The fourth-order valence-corrected chi connectivity index (χ4v) is 4.84. The van der Waals surface area contributed by atoms with Crippen molar-refractivity contribution in [1.82, 2.24) is 19.5 Å². The summed E-state index contributed by atoms with van der Waals surface area (Å²) in [6.45, 7) is 2.09. The Morgan fingerprint density at radius 2 is 1.81 bits per heavy atom. The highest BCUT2D eigenvalue weighted by atomic mass is 32.2. The van der Waals surface area contributed by atoms with Gasteiger partial charge in [-0.3, -0.25) is 15.0 Å². The predicted molar refractivity (Wildman–Crippen MR) is 127 cm³/mol. The SMILES string of the molecule is Cc1cc(-c2cc(Nc3cnccc3S(C)(=O)=O)cc3nccnc23)cc2c1ccn2C.